The molecule has 23 nitrogen and oxygen atoms in total. The van der Waals surface area contributed by atoms with Crippen molar-refractivity contribution in [1.82, 2.24) is 29.8 Å². The van der Waals surface area contributed by atoms with Crippen LogP contribution >= 0.6 is 11.8 Å². The maximum Gasteiger partial charge on any atom is 0.317 e. The van der Waals surface area contributed by atoms with Crippen LogP contribution in [-0.4, -0.2) is 247 Å². The van der Waals surface area contributed by atoms with Crippen LogP contribution in [0.1, 0.15) is 51.4 Å². The largest absolute Gasteiger partial charge is 0.481 e. The zero-order valence-corrected chi connectivity index (χ0v) is 42.5. The summed E-state index contributed by atoms with van der Waals surface area (Å²) >= 11 is 1.49. The number of nitrogens with one attached hydrogen (secondary N) is 1. The fraction of sp³-hybridized carbons (Fsp3) is 0.727. The van der Waals surface area contributed by atoms with E-state index in [1.54, 1.807) is 14.7 Å². The molecule has 0 aromatic carbocycles. The zero-order chi connectivity index (χ0) is 50.3. The van der Waals surface area contributed by atoms with Crippen molar-refractivity contribution in [1.29, 1.82) is 0 Å². The van der Waals surface area contributed by atoms with Crippen molar-refractivity contribution in [3.63, 3.8) is 0 Å². The first-order chi connectivity index (χ1) is 32.5. The first-order valence-electron chi connectivity index (χ1n) is 22.8. The summed E-state index contributed by atoms with van der Waals surface area (Å²) in [5.41, 5.74) is 0. The summed E-state index contributed by atoms with van der Waals surface area (Å²) in [7, 11) is 0. The molecule has 2 rings (SSSR count). The molecule has 0 aromatic rings. The number of carboxylic acid groups (broad SMARTS) is 4. The van der Waals surface area contributed by atoms with E-state index in [1.165, 1.54) is 23.9 Å². The Morgan fingerprint density at radius 1 is 0.594 bits per heavy atom. The number of thioether (sulfide) groups is 1. The van der Waals surface area contributed by atoms with Crippen molar-refractivity contribution in [3.8, 4) is 0 Å². The Morgan fingerprint density at radius 2 is 1.06 bits per heavy atom. The van der Waals surface area contributed by atoms with Gasteiger partial charge in [0, 0.05) is 143 Å². The topological polar surface area (TPSA) is 308 Å². The summed E-state index contributed by atoms with van der Waals surface area (Å²) in [6, 6.07) is 0. The number of ether oxygens (including phenoxy) is 3. The van der Waals surface area contributed by atoms with E-state index in [0.717, 1.165) is 4.90 Å². The van der Waals surface area contributed by atoms with Crippen LogP contribution in [0.5, 0.6) is 0 Å². The minimum atomic E-state index is -1.16. The molecule has 0 aromatic heterocycles. The van der Waals surface area contributed by atoms with Gasteiger partial charge in [-0.05, 0) is 37.7 Å². The number of ketones is 3. The summed E-state index contributed by atoms with van der Waals surface area (Å²) < 4.78 is 16.5. The summed E-state index contributed by atoms with van der Waals surface area (Å²) in [5.74, 6) is -7.59. The Kier molecular flexibility index (Phi) is 34.5. The Balaban J connectivity index is 0.0000238. The van der Waals surface area contributed by atoms with E-state index >= 15 is 0 Å². The van der Waals surface area contributed by atoms with Crippen LogP contribution in [0.2, 0.25) is 0 Å². The molecule has 5 N–H and O–H groups in total. The first-order valence-corrected chi connectivity index (χ1v) is 24.2. The summed E-state index contributed by atoms with van der Waals surface area (Å²) in [6.45, 7) is 2.32. The van der Waals surface area contributed by atoms with Gasteiger partial charge in [-0.25, -0.2) is 0 Å². The van der Waals surface area contributed by atoms with E-state index in [-0.39, 0.29) is 176 Å². The summed E-state index contributed by atoms with van der Waals surface area (Å²) in [4.78, 5) is 129. The molecule has 2 aliphatic heterocycles. The van der Waals surface area contributed by atoms with Gasteiger partial charge in [-0.1, -0.05) is 6.42 Å². The molecule has 392 valence electrons. The van der Waals surface area contributed by atoms with Crippen molar-refractivity contribution in [3.05, 3.63) is 12.2 Å². The second-order valence-corrected chi connectivity index (χ2v) is 17.6. The van der Waals surface area contributed by atoms with Crippen LogP contribution in [0.15, 0.2) is 12.2 Å². The monoisotopic (exact) mass is 1140 g/mol. The van der Waals surface area contributed by atoms with Crippen LogP contribution in [0.4, 0.5) is 0 Å². The van der Waals surface area contributed by atoms with Gasteiger partial charge in [0.15, 0.2) is 11.6 Å². The minimum absolute atomic E-state index is 0. The molecule has 0 spiro atoms. The van der Waals surface area contributed by atoms with Gasteiger partial charge in [-0.15, -0.1) is 0 Å². The molecule has 3 amide bonds. The predicted octanol–water partition coefficient (Wildman–Crippen LogP) is -0.939. The van der Waals surface area contributed by atoms with Gasteiger partial charge in [-0.3, -0.25) is 72.4 Å². The number of unbranched alkanes of at least 4 members (excludes halogenated alkanes) is 1. The SMILES string of the molecule is CSCC[C@H](CC(=O)COCCOCCOCCCC(=O)CN1CCN(CC(=O)O)CCN(CC(=O)O)CCN(CC(=O)O)CC1)C(=O)NCC(=O)C[C@@H](CCCCN1C(=O)C=CC1=O)C(=O)O.[Gd]. The number of imide groups is 1. The molecule has 2 atom stereocenters. The number of aliphatic carboxylic acids is 4. The first kappa shape index (κ1) is 63.6. The van der Waals surface area contributed by atoms with E-state index in [4.69, 9.17) is 14.2 Å². The number of rotatable bonds is 36. The number of carbonyl (C=O) groups excluding carboxylic acids is 6. The van der Waals surface area contributed by atoms with Gasteiger partial charge in [0.2, 0.25) is 5.91 Å². The molecule has 0 radical (unpaired) electrons. The second-order valence-electron chi connectivity index (χ2n) is 16.6. The maximum absolute atomic E-state index is 13.0. The molecule has 1 fully saturated rings. The van der Waals surface area contributed by atoms with E-state index in [9.17, 15) is 68.4 Å². The maximum atomic E-state index is 13.0. The van der Waals surface area contributed by atoms with Gasteiger partial charge >= 0.3 is 23.9 Å². The normalized spacial score (nSPS) is 16.5. The third-order valence-corrected chi connectivity index (χ3v) is 11.7. The fourth-order valence-corrected chi connectivity index (χ4v) is 7.85. The molecular formula is C44H70GdN6O17S. The van der Waals surface area contributed by atoms with E-state index in [1.807, 2.05) is 11.2 Å². The Hall–Kier alpha value is -3.37. The molecule has 0 saturated carbocycles. The van der Waals surface area contributed by atoms with Gasteiger partial charge in [0.05, 0.1) is 65.1 Å². The van der Waals surface area contributed by atoms with Gasteiger partial charge in [-0.2, -0.15) is 11.8 Å². The van der Waals surface area contributed by atoms with Crippen LogP contribution in [0.3, 0.4) is 0 Å². The standard InChI is InChI=1S/C44H70N6O17S.Gd/c1-68-24-9-33(43(62)45-27-36(52)26-34(44(63)64)5-2-3-10-50-38(54)7-8-39(50)55)25-37(53)32-67-23-22-66-21-20-65-19-4-6-35(51)28-46-11-13-47(29-40(56)57)15-17-49(31-42(60)61)18-16-48(14-12-46)30-41(58)59;/h7-8,33-34H,2-6,9-32H2,1H3,(H,45,62)(H,56,57)(H,58,59)(H,60,61)(H,63,64);/t33-,34-;/m1./s1. The third-order valence-electron chi connectivity index (χ3n) is 11.0. The molecule has 69 heavy (non-hydrogen) atoms. The zero-order valence-electron chi connectivity index (χ0n) is 39.4. The van der Waals surface area contributed by atoms with Crippen LogP contribution in [0.25, 0.3) is 0 Å². The Bertz CT molecular complexity index is 1660. The number of hydrogen-bond acceptors (Lipinski definition) is 18. The predicted molar refractivity (Wildman–Crippen MR) is 245 cm³/mol. The van der Waals surface area contributed by atoms with E-state index in [2.05, 4.69) is 5.32 Å². The quantitative estimate of drug-likeness (QED) is 0.0374. The second kappa shape index (κ2) is 37.4. The fourth-order valence-electron chi connectivity index (χ4n) is 7.33. The number of amides is 3. The number of hydrogen-bond donors (Lipinski definition) is 5. The van der Waals surface area contributed by atoms with Gasteiger partial charge in [0.1, 0.15) is 12.4 Å². The van der Waals surface area contributed by atoms with Crippen molar-refractivity contribution in [2.75, 3.05) is 143 Å². The Morgan fingerprint density at radius 3 is 1.54 bits per heavy atom. The minimum Gasteiger partial charge on any atom is -0.481 e. The van der Waals surface area contributed by atoms with E-state index in [0.29, 0.717) is 64.2 Å². The van der Waals surface area contributed by atoms with Crippen molar-refractivity contribution in [2.24, 2.45) is 11.8 Å². The number of carboxylic acids is 4. The van der Waals surface area contributed by atoms with Crippen molar-refractivity contribution in [2.45, 2.75) is 51.4 Å². The van der Waals surface area contributed by atoms with Crippen molar-refractivity contribution < 1.29 is 123 Å². The third kappa shape index (κ3) is 30.2. The summed E-state index contributed by atoms with van der Waals surface area (Å²) in [6.07, 6.45) is 5.73. The van der Waals surface area contributed by atoms with E-state index < -0.39 is 59.2 Å². The molecule has 0 bridgehead atoms. The number of carbonyl (C=O) groups is 10. The molecule has 0 aliphatic carbocycles. The average Bonchev–Trinajstić information content (AvgIpc) is 3.59. The molecule has 25 heteroatoms. The molecule has 0 unspecified atom stereocenters. The van der Waals surface area contributed by atoms with Crippen LogP contribution in [-0.2, 0) is 62.2 Å². The molecule has 2 aliphatic rings. The van der Waals surface area contributed by atoms with Gasteiger partial charge in [0.25, 0.3) is 11.8 Å². The number of Topliss-reactive ketones (excluding diaryl/α,β-unsaturated/α-hetero) is 3. The molecule has 1 saturated heterocycles. The van der Waals surface area contributed by atoms with Crippen LogP contribution in [0, 0.1) is 51.8 Å². The Labute approximate surface area is 439 Å². The smallest absolute Gasteiger partial charge is 0.317 e. The number of nitrogens with zero attached hydrogens (tertiary/aromatic N) is 5. The van der Waals surface area contributed by atoms with Gasteiger partial charge < -0.3 is 40.0 Å². The molecular weight excluding hydrogens is 1070 g/mol. The summed E-state index contributed by atoms with van der Waals surface area (Å²) in [5, 5.41) is 40.3. The van der Waals surface area contributed by atoms with Crippen molar-refractivity contribution >= 4 is 70.7 Å². The molecule has 2 heterocycles. The average molecular weight is 1140 g/mol. The van der Waals surface area contributed by atoms with Crippen LogP contribution < -0.4 is 5.32 Å².